The van der Waals surface area contributed by atoms with Crippen molar-refractivity contribution in [2.45, 2.75) is 19.6 Å². The zero-order valence-electron chi connectivity index (χ0n) is 11.1. The number of carbonyl (C=O) groups is 1. The molecule has 1 aliphatic rings. The number of carbonyl (C=O) groups excluding carboxylic acids is 1. The molecule has 112 valence electrons. The van der Waals surface area contributed by atoms with Gasteiger partial charge in [-0.05, 0) is 18.5 Å². The largest absolute Gasteiger partial charge is 0.393 e. The van der Waals surface area contributed by atoms with Crippen molar-refractivity contribution < 1.29 is 18.0 Å². The molecule has 0 unspecified atom stereocenters. The Bertz CT molecular complexity index is 490. The highest BCUT2D eigenvalue weighted by Crippen LogP contribution is 2.38. The van der Waals surface area contributed by atoms with Crippen molar-refractivity contribution in [3.63, 3.8) is 0 Å². The average Bonchev–Trinajstić information content (AvgIpc) is 2.96. The van der Waals surface area contributed by atoms with Gasteiger partial charge in [0.05, 0.1) is 22.4 Å². The van der Waals surface area contributed by atoms with Gasteiger partial charge >= 0.3 is 6.18 Å². The molecule has 1 fully saturated rings. The summed E-state index contributed by atoms with van der Waals surface area (Å²) in [5.41, 5.74) is 0.724. The standard InChI is InChI=1S/C11H15F3N4OS/c1-6-9(20-17-16-6)5-18-3-7(10(19)15-2)8(4-18)11(12,13)14/h7-8H,3-5H2,1-2H3,(H,15,19)/t7-,8-/m1/s1. The molecule has 0 spiro atoms. The maximum absolute atomic E-state index is 13.0. The van der Waals surface area contributed by atoms with Crippen LogP contribution in [0.15, 0.2) is 0 Å². The fourth-order valence-corrected chi connectivity index (χ4v) is 3.07. The van der Waals surface area contributed by atoms with E-state index in [1.165, 1.54) is 18.6 Å². The van der Waals surface area contributed by atoms with Gasteiger partial charge in [0.1, 0.15) is 0 Å². The second-order valence-corrected chi connectivity index (χ2v) is 5.68. The van der Waals surface area contributed by atoms with Crippen LogP contribution < -0.4 is 5.32 Å². The van der Waals surface area contributed by atoms with Crippen molar-refractivity contribution in [2.75, 3.05) is 20.1 Å². The molecule has 0 aliphatic carbocycles. The average molecular weight is 308 g/mol. The van der Waals surface area contributed by atoms with E-state index >= 15 is 0 Å². The second-order valence-electron chi connectivity index (χ2n) is 4.84. The summed E-state index contributed by atoms with van der Waals surface area (Å²) in [5.74, 6) is -3.24. The van der Waals surface area contributed by atoms with Crippen LogP contribution in [0.4, 0.5) is 13.2 Å². The van der Waals surface area contributed by atoms with E-state index < -0.39 is 23.9 Å². The summed E-state index contributed by atoms with van der Waals surface area (Å²) >= 11 is 1.18. The summed E-state index contributed by atoms with van der Waals surface area (Å²) in [6.45, 7) is 2.05. The molecule has 1 aliphatic heterocycles. The summed E-state index contributed by atoms with van der Waals surface area (Å²) in [6.07, 6.45) is -4.37. The van der Waals surface area contributed by atoms with E-state index in [1.54, 1.807) is 11.8 Å². The number of nitrogens with zero attached hydrogens (tertiary/aromatic N) is 3. The summed E-state index contributed by atoms with van der Waals surface area (Å²) in [4.78, 5) is 14.1. The lowest BCUT2D eigenvalue weighted by Gasteiger charge is -2.19. The van der Waals surface area contributed by atoms with E-state index in [9.17, 15) is 18.0 Å². The lowest BCUT2D eigenvalue weighted by molar-refractivity contribution is -0.183. The van der Waals surface area contributed by atoms with Crippen LogP contribution in [-0.2, 0) is 11.3 Å². The summed E-state index contributed by atoms with van der Waals surface area (Å²) in [5, 5.41) is 6.15. The van der Waals surface area contributed by atoms with Crippen molar-refractivity contribution in [1.29, 1.82) is 0 Å². The Morgan fingerprint density at radius 2 is 2.20 bits per heavy atom. The fourth-order valence-electron chi connectivity index (χ4n) is 2.40. The van der Waals surface area contributed by atoms with Crippen molar-refractivity contribution in [3.05, 3.63) is 10.6 Å². The summed E-state index contributed by atoms with van der Waals surface area (Å²) in [7, 11) is 1.36. The van der Waals surface area contributed by atoms with Crippen LogP contribution >= 0.6 is 11.5 Å². The Morgan fingerprint density at radius 1 is 1.50 bits per heavy atom. The van der Waals surface area contributed by atoms with Gasteiger partial charge in [0.25, 0.3) is 0 Å². The van der Waals surface area contributed by atoms with Gasteiger partial charge in [-0.3, -0.25) is 9.69 Å². The number of nitrogens with one attached hydrogen (secondary N) is 1. The number of hydrogen-bond donors (Lipinski definition) is 1. The topological polar surface area (TPSA) is 58.1 Å². The van der Waals surface area contributed by atoms with Crippen molar-refractivity contribution >= 4 is 17.4 Å². The molecular formula is C11H15F3N4OS. The minimum atomic E-state index is -4.37. The first-order valence-corrected chi connectivity index (χ1v) is 6.88. The first-order chi connectivity index (χ1) is 9.32. The monoisotopic (exact) mass is 308 g/mol. The molecule has 0 bridgehead atoms. The van der Waals surface area contributed by atoms with Crippen LogP contribution in [0.3, 0.4) is 0 Å². The van der Waals surface area contributed by atoms with Gasteiger partial charge in [-0.1, -0.05) is 4.49 Å². The molecule has 20 heavy (non-hydrogen) atoms. The number of alkyl halides is 3. The molecule has 5 nitrogen and oxygen atoms in total. The van der Waals surface area contributed by atoms with Crippen molar-refractivity contribution in [1.82, 2.24) is 19.8 Å². The SMILES string of the molecule is CNC(=O)[C@@H]1CN(Cc2snnc2C)C[C@H]1C(F)(F)F. The predicted octanol–water partition coefficient (Wildman–Crippen LogP) is 1.20. The number of aromatic nitrogens is 2. The minimum Gasteiger partial charge on any atom is -0.359 e. The molecule has 2 rings (SSSR count). The molecule has 1 N–H and O–H groups in total. The first-order valence-electron chi connectivity index (χ1n) is 6.11. The van der Waals surface area contributed by atoms with Crippen LogP contribution in [0.5, 0.6) is 0 Å². The highest BCUT2D eigenvalue weighted by Gasteiger charge is 2.52. The van der Waals surface area contributed by atoms with E-state index in [2.05, 4.69) is 14.9 Å². The number of halogens is 3. The fraction of sp³-hybridized carbons (Fsp3) is 0.727. The molecule has 0 radical (unpaired) electrons. The van der Waals surface area contributed by atoms with E-state index in [-0.39, 0.29) is 13.1 Å². The number of aryl methyl sites for hydroxylation is 1. The van der Waals surface area contributed by atoms with E-state index in [1.807, 2.05) is 0 Å². The van der Waals surface area contributed by atoms with Gasteiger partial charge in [-0.15, -0.1) is 5.10 Å². The smallest absolute Gasteiger partial charge is 0.359 e. The maximum Gasteiger partial charge on any atom is 0.393 e. The Labute approximate surface area is 118 Å². The molecule has 2 atom stereocenters. The Balaban J connectivity index is 2.11. The highest BCUT2D eigenvalue weighted by atomic mass is 32.1. The molecule has 1 aromatic heterocycles. The second kappa shape index (κ2) is 5.65. The van der Waals surface area contributed by atoms with Crippen LogP contribution in [-0.4, -0.2) is 46.7 Å². The van der Waals surface area contributed by atoms with Crippen LogP contribution in [0.25, 0.3) is 0 Å². The third-order valence-corrected chi connectivity index (χ3v) is 4.32. The Kier molecular flexibility index (Phi) is 4.28. The van der Waals surface area contributed by atoms with Gasteiger partial charge in [0, 0.05) is 26.7 Å². The molecule has 2 heterocycles. The van der Waals surface area contributed by atoms with Gasteiger partial charge in [-0.2, -0.15) is 13.2 Å². The molecular weight excluding hydrogens is 293 g/mol. The van der Waals surface area contributed by atoms with Crippen LogP contribution in [0.2, 0.25) is 0 Å². The first kappa shape index (κ1) is 15.2. The number of rotatable bonds is 3. The lowest BCUT2D eigenvalue weighted by Crippen LogP contribution is -2.38. The zero-order valence-corrected chi connectivity index (χ0v) is 11.9. The Hall–Kier alpha value is -1.22. The summed E-state index contributed by atoms with van der Waals surface area (Å²) < 4.78 is 42.8. The van der Waals surface area contributed by atoms with Crippen LogP contribution in [0.1, 0.15) is 10.6 Å². The molecule has 0 aromatic carbocycles. The molecule has 1 aromatic rings. The third-order valence-electron chi connectivity index (χ3n) is 3.51. The van der Waals surface area contributed by atoms with E-state index in [0.717, 1.165) is 10.6 Å². The maximum atomic E-state index is 13.0. The molecule has 1 saturated heterocycles. The quantitative estimate of drug-likeness (QED) is 0.912. The molecule has 0 saturated carbocycles. The van der Waals surface area contributed by atoms with Gasteiger partial charge < -0.3 is 5.32 Å². The highest BCUT2D eigenvalue weighted by molar-refractivity contribution is 7.05. The van der Waals surface area contributed by atoms with Crippen molar-refractivity contribution in [2.24, 2.45) is 11.8 Å². The van der Waals surface area contributed by atoms with E-state index in [4.69, 9.17) is 0 Å². The van der Waals surface area contributed by atoms with Crippen molar-refractivity contribution in [3.8, 4) is 0 Å². The van der Waals surface area contributed by atoms with Gasteiger partial charge in [0.15, 0.2) is 0 Å². The number of likely N-dealkylation sites (tertiary alicyclic amines) is 1. The normalized spacial score (nSPS) is 24.1. The zero-order chi connectivity index (χ0) is 14.9. The molecule has 9 heteroatoms. The summed E-state index contributed by atoms with van der Waals surface area (Å²) in [6, 6.07) is 0. The lowest BCUT2D eigenvalue weighted by atomic mass is 9.95. The van der Waals surface area contributed by atoms with E-state index in [0.29, 0.717) is 6.54 Å². The number of amides is 1. The number of hydrogen-bond acceptors (Lipinski definition) is 5. The predicted molar refractivity (Wildman–Crippen MR) is 67.0 cm³/mol. The van der Waals surface area contributed by atoms with Gasteiger partial charge in [0.2, 0.25) is 5.91 Å². The molecule has 1 amide bonds. The van der Waals surface area contributed by atoms with Crippen LogP contribution in [0, 0.1) is 18.8 Å². The third kappa shape index (κ3) is 3.09. The Morgan fingerprint density at radius 3 is 2.70 bits per heavy atom. The minimum absolute atomic E-state index is 0.0984. The van der Waals surface area contributed by atoms with Gasteiger partial charge in [-0.25, -0.2) is 0 Å².